The van der Waals surface area contributed by atoms with Gasteiger partial charge in [-0.2, -0.15) is 0 Å². The van der Waals surface area contributed by atoms with Crippen LogP contribution in [-0.2, 0) is 32.1 Å². The summed E-state index contributed by atoms with van der Waals surface area (Å²) in [7, 11) is 0. The lowest BCUT2D eigenvalue weighted by molar-refractivity contribution is -0.149. The first-order valence-electron chi connectivity index (χ1n) is 9.04. The molecule has 0 aliphatic carbocycles. The smallest absolute Gasteiger partial charge is 0.308 e. The fourth-order valence-electron chi connectivity index (χ4n) is 2.93. The second-order valence-corrected chi connectivity index (χ2v) is 6.87. The maximum absolute atomic E-state index is 12.4. The van der Waals surface area contributed by atoms with Crippen LogP contribution in [0.4, 0.5) is 0 Å². The van der Waals surface area contributed by atoms with Crippen molar-refractivity contribution >= 4 is 35.3 Å². The van der Waals surface area contributed by atoms with Crippen LogP contribution < -0.4 is 5.32 Å². The number of amides is 3. The summed E-state index contributed by atoms with van der Waals surface area (Å²) in [6.45, 7) is -0.327. The predicted octanol–water partition coefficient (Wildman–Crippen LogP) is 2.11. The van der Waals surface area contributed by atoms with Crippen LogP contribution in [0, 0.1) is 0 Å². The molecule has 0 spiro atoms. The monoisotopic (exact) mass is 414 g/mol. The molecule has 0 aromatic heterocycles. The summed E-state index contributed by atoms with van der Waals surface area (Å²) < 4.78 is 4.92. The van der Waals surface area contributed by atoms with Crippen molar-refractivity contribution in [1.29, 1.82) is 0 Å². The number of fused-ring (bicyclic) bond motifs is 1. The van der Waals surface area contributed by atoms with Crippen molar-refractivity contribution < 1.29 is 23.9 Å². The number of halogens is 1. The Kier molecular flexibility index (Phi) is 6.61. The highest BCUT2D eigenvalue weighted by Gasteiger charge is 2.30. The number of carbonyl (C=O) groups is 4. The first kappa shape index (κ1) is 20.5. The number of ether oxygens (including phenoxy) is 1. The van der Waals surface area contributed by atoms with E-state index in [4.69, 9.17) is 16.3 Å². The molecule has 2 aromatic carbocycles. The molecule has 2 aromatic rings. The van der Waals surface area contributed by atoms with Crippen LogP contribution in [-0.4, -0.2) is 41.7 Å². The normalized spacial score (nSPS) is 13.1. The van der Waals surface area contributed by atoms with E-state index in [2.05, 4.69) is 5.32 Å². The number of rotatable bonds is 7. The zero-order chi connectivity index (χ0) is 20.8. The molecule has 8 heteroatoms. The van der Waals surface area contributed by atoms with E-state index in [1.807, 2.05) is 0 Å². The molecule has 0 fully saturated rings. The summed E-state index contributed by atoms with van der Waals surface area (Å²) in [5.41, 5.74) is 1.88. The van der Waals surface area contributed by atoms with Crippen molar-refractivity contribution in [3.63, 3.8) is 0 Å². The minimum Gasteiger partial charge on any atom is -0.456 e. The molecular formula is C21H19ClN2O5. The maximum Gasteiger partial charge on any atom is 0.308 e. The molecule has 0 bridgehead atoms. The lowest BCUT2D eigenvalue weighted by Crippen LogP contribution is -2.43. The second kappa shape index (κ2) is 9.34. The lowest BCUT2D eigenvalue weighted by Gasteiger charge is -2.26. The van der Waals surface area contributed by atoms with E-state index in [1.165, 1.54) is 0 Å². The topological polar surface area (TPSA) is 92.8 Å². The molecule has 0 radical (unpaired) electrons. The molecule has 0 saturated carbocycles. The Morgan fingerprint density at radius 1 is 1.07 bits per heavy atom. The number of hydrogen-bond acceptors (Lipinski definition) is 5. The van der Waals surface area contributed by atoms with Crippen molar-refractivity contribution in [1.82, 2.24) is 10.2 Å². The molecule has 1 N–H and O–H groups in total. The molecule has 29 heavy (non-hydrogen) atoms. The van der Waals surface area contributed by atoms with Gasteiger partial charge in [-0.25, -0.2) is 0 Å². The Morgan fingerprint density at radius 3 is 2.59 bits per heavy atom. The number of carbonyl (C=O) groups excluding carboxylic acids is 4. The van der Waals surface area contributed by atoms with Crippen molar-refractivity contribution in [2.75, 3.05) is 13.2 Å². The van der Waals surface area contributed by atoms with Gasteiger partial charge in [0, 0.05) is 23.7 Å². The highest BCUT2D eigenvalue weighted by Crippen LogP contribution is 2.19. The second-order valence-electron chi connectivity index (χ2n) is 6.46. The Bertz CT molecular complexity index is 960. The highest BCUT2D eigenvalue weighted by molar-refractivity contribution is 6.31. The van der Waals surface area contributed by atoms with Crippen LogP contribution in [0.3, 0.4) is 0 Å². The summed E-state index contributed by atoms with van der Waals surface area (Å²) in [6.07, 6.45) is -0.0706. The molecule has 7 nitrogen and oxygen atoms in total. The van der Waals surface area contributed by atoms with Crippen LogP contribution in [0.1, 0.15) is 27.9 Å². The first-order chi connectivity index (χ1) is 14.0. The Morgan fingerprint density at radius 2 is 1.79 bits per heavy atom. The Balaban J connectivity index is 1.43. The quantitative estimate of drug-likeness (QED) is 0.553. The fraction of sp³-hybridized carbons (Fsp3) is 0.238. The third-order valence-corrected chi connectivity index (χ3v) is 4.84. The van der Waals surface area contributed by atoms with Gasteiger partial charge in [-0.3, -0.25) is 24.1 Å². The Hall–Kier alpha value is -3.19. The number of esters is 1. The van der Waals surface area contributed by atoms with Crippen LogP contribution in [0.2, 0.25) is 5.02 Å². The summed E-state index contributed by atoms with van der Waals surface area (Å²) in [4.78, 5) is 49.4. The van der Waals surface area contributed by atoms with Crippen molar-refractivity contribution in [2.45, 2.75) is 19.4 Å². The number of nitrogens with zero attached hydrogens (tertiary/aromatic N) is 1. The Labute approximate surface area is 172 Å². The molecule has 0 atom stereocenters. The maximum atomic E-state index is 12.4. The molecular weight excluding hydrogens is 396 g/mol. The van der Waals surface area contributed by atoms with E-state index < -0.39 is 24.4 Å². The minimum absolute atomic E-state index is 0.0912. The van der Waals surface area contributed by atoms with Gasteiger partial charge in [0.05, 0.1) is 12.8 Å². The SMILES string of the molecule is O=C(COC(=O)CCN1C(=O)Cc2ccccc2C1=O)NCc1ccccc1Cl. The third kappa shape index (κ3) is 5.20. The van der Waals surface area contributed by atoms with Crippen LogP contribution >= 0.6 is 11.6 Å². The van der Waals surface area contributed by atoms with Gasteiger partial charge < -0.3 is 10.1 Å². The molecule has 150 valence electrons. The molecule has 1 aliphatic heterocycles. The standard InChI is InChI=1S/C21H19ClN2O5/c22-17-8-4-2-6-15(17)12-23-18(25)13-29-20(27)9-10-24-19(26)11-14-5-1-3-7-16(14)21(24)28/h1-8H,9-13H2,(H,23,25). The van der Waals surface area contributed by atoms with Crippen LogP contribution in [0.5, 0.6) is 0 Å². The molecule has 0 saturated heterocycles. The van der Waals surface area contributed by atoms with Gasteiger partial charge in [0.15, 0.2) is 6.61 Å². The average molecular weight is 415 g/mol. The molecule has 1 heterocycles. The van der Waals surface area contributed by atoms with Gasteiger partial charge in [-0.05, 0) is 23.3 Å². The summed E-state index contributed by atoms with van der Waals surface area (Å²) in [5, 5.41) is 3.14. The van der Waals surface area contributed by atoms with Gasteiger partial charge in [-0.15, -0.1) is 0 Å². The zero-order valence-electron chi connectivity index (χ0n) is 15.5. The van der Waals surface area contributed by atoms with Crippen LogP contribution in [0.15, 0.2) is 48.5 Å². The lowest BCUT2D eigenvalue weighted by atomic mass is 9.98. The van der Waals surface area contributed by atoms with E-state index in [0.29, 0.717) is 16.1 Å². The predicted molar refractivity (Wildman–Crippen MR) is 105 cm³/mol. The first-order valence-corrected chi connectivity index (χ1v) is 9.42. The summed E-state index contributed by atoms with van der Waals surface area (Å²) in [5.74, 6) is -1.93. The van der Waals surface area contributed by atoms with E-state index in [1.54, 1.807) is 48.5 Å². The van der Waals surface area contributed by atoms with Crippen molar-refractivity contribution in [2.24, 2.45) is 0 Å². The number of imide groups is 1. The van der Waals surface area contributed by atoms with Gasteiger partial charge in [0.2, 0.25) is 5.91 Å². The third-order valence-electron chi connectivity index (χ3n) is 4.47. The minimum atomic E-state index is -0.669. The molecule has 0 unspecified atom stereocenters. The molecule has 3 rings (SSSR count). The summed E-state index contributed by atoms with van der Waals surface area (Å²) in [6, 6.07) is 13.9. The largest absolute Gasteiger partial charge is 0.456 e. The molecule has 1 aliphatic rings. The highest BCUT2D eigenvalue weighted by atomic mass is 35.5. The van der Waals surface area contributed by atoms with Crippen molar-refractivity contribution in [3.05, 3.63) is 70.2 Å². The van der Waals surface area contributed by atoms with Crippen molar-refractivity contribution in [3.8, 4) is 0 Å². The van der Waals surface area contributed by atoms with Gasteiger partial charge in [0.1, 0.15) is 0 Å². The molecule has 3 amide bonds. The van der Waals surface area contributed by atoms with Gasteiger partial charge in [0.25, 0.3) is 11.8 Å². The van der Waals surface area contributed by atoms with Gasteiger partial charge >= 0.3 is 5.97 Å². The average Bonchev–Trinajstić information content (AvgIpc) is 2.71. The summed E-state index contributed by atoms with van der Waals surface area (Å²) >= 11 is 6.01. The van der Waals surface area contributed by atoms with Crippen LogP contribution in [0.25, 0.3) is 0 Å². The van der Waals surface area contributed by atoms with E-state index in [9.17, 15) is 19.2 Å². The van der Waals surface area contributed by atoms with E-state index in [-0.39, 0.29) is 31.8 Å². The fourth-order valence-corrected chi connectivity index (χ4v) is 3.14. The number of benzene rings is 2. The van der Waals surface area contributed by atoms with E-state index >= 15 is 0 Å². The number of hydrogen-bond donors (Lipinski definition) is 1. The zero-order valence-corrected chi connectivity index (χ0v) is 16.3. The van der Waals surface area contributed by atoms with E-state index in [0.717, 1.165) is 10.5 Å². The number of nitrogens with one attached hydrogen (secondary N) is 1. The van der Waals surface area contributed by atoms with Gasteiger partial charge in [-0.1, -0.05) is 48.0 Å².